The Labute approximate surface area is 360 Å². The van der Waals surface area contributed by atoms with Crippen LogP contribution in [-0.2, 0) is 19.9 Å². The highest BCUT2D eigenvalue weighted by Gasteiger charge is 2.46. The van der Waals surface area contributed by atoms with Crippen molar-refractivity contribution in [3.05, 3.63) is 119 Å². The van der Waals surface area contributed by atoms with Crippen molar-refractivity contribution < 1.29 is 30.4 Å². The van der Waals surface area contributed by atoms with E-state index in [2.05, 4.69) is 28.1 Å². The number of hydrogen-bond acceptors (Lipinski definition) is 10. The zero-order valence-corrected chi connectivity index (χ0v) is 36.8. The number of anilines is 2. The molecule has 0 saturated carbocycles. The van der Waals surface area contributed by atoms with Crippen molar-refractivity contribution in [1.82, 2.24) is 14.9 Å². The van der Waals surface area contributed by atoms with E-state index in [-0.39, 0.29) is 11.3 Å². The monoisotopic (exact) mass is 907 g/mol. The highest BCUT2D eigenvalue weighted by Crippen LogP contribution is 2.38. The van der Waals surface area contributed by atoms with Crippen LogP contribution in [-0.4, -0.2) is 84.4 Å². The van der Waals surface area contributed by atoms with Gasteiger partial charge in [-0.15, -0.1) is 11.8 Å². The topological polar surface area (TPSA) is 137 Å². The Morgan fingerprint density at radius 1 is 0.881 bits per heavy atom. The van der Waals surface area contributed by atoms with Gasteiger partial charge in [0, 0.05) is 52.6 Å². The molecule has 0 aliphatic heterocycles. The summed E-state index contributed by atoms with van der Waals surface area (Å²) in [5.41, 5.74) is 4.43. The molecule has 318 valence electrons. The number of alkyl halides is 3. The Kier molecular flexibility index (Phi) is 16.7. The summed E-state index contributed by atoms with van der Waals surface area (Å²) in [5, 5.41) is 10.5. The van der Waals surface area contributed by atoms with Crippen LogP contribution in [0.25, 0.3) is 5.57 Å². The van der Waals surface area contributed by atoms with E-state index in [1.165, 1.54) is 47.0 Å². The van der Waals surface area contributed by atoms with Crippen molar-refractivity contribution in [1.29, 1.82) is 0 Å². The average Bonchev–Trinajstić information content (AvgIpc) is 3.44. The number of nitrogens with zero attached hydrogens (tertiary/aromatic N) is 1. The third-order valence-corrected chi connectivity index (χ3v) is 14.6. The van der Waals surface area contributed by atoms with E-state index < -0.39 is 46.3 Å². The first-order valence-corrected chi connectivity index (χ1v) is 23.9. The summed E-state index contributed by atoms with van der Waals surface area (Å²) in [7, 11) is -6.61. The van der Waals surface area contributed by atoms with E-state index in [1.807, 2.05) is 66.2 Å². The molecule has 17 heteroatoms. The predicted octanol–water partition coefficient (Wildman–Crippen LogP) is 8.97. The molecule has 1 amide bonds. The SMILES string of the molecule is CN(C)CC[C@H](CSc1ccccc1)Nc1ccc(S(=O)(=O)NC(=O)c2ccc(NCCNCC3=C(c4ccc(Cl)cc4)CCCCC3)cc2)cc1S(=O)(=O)C(F)(F)Cl. The average molecular weight is 909 g/mol. The molecule has 59 heavy (non-hydrogen) atoms. The normalized spacial score (nSPS) is 14.5. The fraction of sp³-hybridized carbons (Fsp3) is 0.357. The van der Waals surface area contributed by atoms with Gasteiger partial charge in [-0.2, -0.15) is 8.78 Å². The molecular formula is C42H49Cl2F2N5O5S3. The second-order valence-electron chi connectivity index (χ2n) is 14.4. The quantitative estimate of drug-likeness (QED) is 0.0387. The fourth-order valence-electron chi connectivity index (χ4n) is 6.53. The van der Waals surface area contributed by atoms with E-state index in [9.17, 15) is 30.4 Å². The molecule has 0 spiro atoms. The number of amides is 1. The van der Waals surface area contributed by atoms with E-state index in [1.54, 1.807) is 12.1 Å². The number of carbonyl (C=O) groups is 1. The Balaban J connectivity index is 1.23. The molecule has 5 rings (SSSR count). The molecule has 0 heterocycles. The van der Waals surface area contributed by atoms with Gasteiger partial charge in [-0.25, -0.2) is 21.6 Å². The van der Waals surface area contributed by atoms with Crippen LogP contribution >= 0.6 is 35.0 Å². The number of nitrogens with one attached hydrogen (secondary N) is 4. The van der Waals surface area contributed by atoms with Gasteiger partial charge in [-0.3, -0.25) is 4.79 Å². The predicted molar refractivity (Wildman–Crippen MR) is 236 cm³/mol. The zero-order chi connectivity index (χ0) is 42.6. The van der Waals surface area contributed by atoms with Gasteiger partial charge in [0.05, 0.1) is 15.5 Å². The molecule has 1 aliphatic carbocycles. The van der Waals surface area contributed by atoms with E-state index in [0.717, 1.165) is 49.3 Å². The lowest BCUT2D eigenvalue weighted by Gasteiger charge is -2.24. The standard InChI is InChI=1S/C42H49Cl2F2N5O5S3/c1-51(2)26-23-35(29-57-36-10-6-4-7-11-36)49-39-22-21-37(27-40(39)58(53,54)42(44,45)46)59(55,56)50-41(52)31-15-19-34(20-16-31)48-25-24-47-28-32-9-5-3-8-12-38(32)30-13-17-33(43)18-14-30/h4,6-7,10-11,13-22,27,35,47-49H,3,5,8-9,12,23-26,28-29H2,1-2H3,(H,50,52)/t35-/m1/s1. The van der Waals surface area contributed by atoms with Crippen LogP contribution in [0.3, 0.4) is 0 Å². The molecule has 0 radical (unpaired) electrons. The summed E-state index contributed by atoms with van der Waals surface area (Å²) in [6.07, 6.45) is 6.07. The van der Waals surface area contributed by atoms with Crippen LogP contribution in [0.1, 0.15) is 54.4 Å². The molecule has 4 aromatic rings. The minimum Gasteiger partial charge on any atom is -0.384 e. The first-order chi connectivity index (χ1) is 28.0. The third kappa shape index (κ3) is 13.4. The van der Waals surface area contributed by atoms with Crippen molar-refractivity contribution in [2.45, 2.75) is 64.0 Å². The van der Waals surface area contributed by atoms with Crippen LogP contribution in [0.5, 0.6) is 0 Å². The van der Waals surface area contributed by atoms with Crippen LogP contribution in [0, 0.1) is 0 Å². The zero-order valence-electron chi connectivity index (χ0n) is 32.8. The number of rotatable bonds is 20. The third-order valence-electron chi connectivity index (χ3n) is 9.70. The van der Waals surface area contributed by atoms with Crippen LogP contribution in [0.4, 0.5) is 20.2 Å². The summed E-state index contributed by atoms with van der Waals surface area (Å²) >= 11 is 12.7. The van der Waals surface area contributed by atoms with Crippen molar-refractivity contribution in [2.24, 2.45) is 0 Å². The number of benzene rings is 4. The summed E-state index contributed by atoms with van der Waals surface area (Å²) < 4.78 is 79.0. The van der Waals surface area contributed by atoms with Gasteiger partial charge in [0.2, 0.25) is 0 Å². The van der Waals surface area contributed by atoms with Gasteiger partial charge in [0.25, 0.3) is 25.8 Å². The van der Waals surface area contributed by atoms with E-state index >= 15 is 0 Å². The number of sulfone groups is 1. The van der Waals surface area contributed by atoms with Gasteiger partial charge in [-0.1, -0.05) is 53.9 Å². The molecule has 4 aromatic carbocycles. The lowest BCUT2D eigenvalue weighted by Crippen LogP contribution is -2.32. The second-order valence-corrected chi connectivity index (χ2v) is 20.3. The van der Waals surface area contributed by atoms with Crippen LogP contribution in [0.15, 0.2) is 117 Å². The highest BCUT2D eigenvalue weighted by molar-refractivity contribution is 7.99. The number of halogens is 4. The number of hydrogen-bond donors (Lipinski definition) is 4. The molecule has 0 unspecified atom stereocenters. The fourth-order valence-corrected chi connectivity index (χ4v) is 9.92. The molecule has 4 N–H and O–H groups in total. The lowest BCUT2D eigenvalue weighted by atomic mass is 9.96. The Morgan fingerprint density at radius 2 is 1.58 bits per heavy atom. The first kappa shape index (κ1) is 46.4. The van der Waals surface area contributed by atoms with Crippen molar-refractivity contribution in [3.8, 4) is 0 Å². The molecule has 0 saturated heterocycles. The summed E-state index contributed by atoms with van der Waals surface area (Å²) in [5.74, 6) is -0.566. The van der Waals surface area contributed by atoms with Crippen molar-refractivity contribution in [2.75, 3.05) is 56.7 Å². The Hall–Kier alpha value is -3.70. The summed E-state index contributed by atoms with van der Waals surface area (Å²) in [4.78, 5) is 14.3. The smallest absolute Gasteiger partial charge is 0.384 e. The van der Waals surface area contributed by atoms with Crippen molar-refractivity contribution in [3.63, 3.8) is 0 Å². The lowest BCUT2D eigenvalue weighted by molar-refractivity contribution is 0.0981. The Morgan fingerprint density at radius 3 is 2.25 bits per heavy atom. The molecule has 0 aromatic heterocycles. The molecule has 0 bridgehead atoms. The van der Waals surface area contributed by atoms with Gasteiger partial charge in [-0.05, 0) is 142 Å². The first-order valence-electron chi connectivity index (χ1n) is 19.2. The maximum absolute atomic E-state index is 14.4. The number of allylic oxidation sites excluding steroid dienone is 1. The van der Waals surface area contributed by atoms with E-state index in [4.69, 9.17) is 23.2 Å². The molecule has 10 nitrogen and oxygen atoms in total. The summed E-state index contributed by atoms with van der Waals surface area (Å²) in [6.45, 7) is 2.60. The second kappa shape index (κ2) is 21.2. The maximum atomic E-state index is 14.4. The van der Waals surface area contributed by atoms with Gasteiger partial charge in [0.1, 0.15) is 0 Å². The molecule has 0 fully saturated rings. The molecule has 1 atom stereocenters. The molecule has 1 aliphatic rings. The minimum atomic E-state index is -5.60. The summed E-state index contributed by atoms with van der Waals surface area (Å²) in [6, 6.07) is 25.9. The van der Waals surface area contributed by atoms with Crippen molar-refractivity contribution >= 4 is 77.7 Å². The number of carbonyl (C=O) groups excluding carboxylic acids is 1. The van der Waals surface area contributed by atoms with Crippen LogP contribution in [0.2, 0.25) is 5.02 Å². The highest BCUT2D eigenvalue weighted by atomic mass is 35.5. The van der Waals surface area contributed by atoms with E-state index in [0.29, 0.717) is 48.6 Å². The number of sulfonamides is 1. The largest absolute Gasteiger partial charge is 0.427 e. The minimum absolute atomic E-state index is 0.00496. The van der Waals surface area contributed by atoms with Gasteiger partial charge >= 0.3 is 4.71 Å². The molecular weight excluding hydrogens is 860 g/mol. The van der Waals surface area contributed by atoms with Gasteiger partial charge < -0.3 is 20.9 Å². The maximum Gasteiger partial charge on any atom is 0.427 e. The van der Waals surface area contributed by atoms with Gasteiger partial charge in [0.15, 0.2) is 0 Å². The Bertz CT molecular complexity index is 2280. The van der Waals surface area contributed by atoms with Crippen LogP contribution < -0.4 is 20.7 Å². The number of thioether (sulfide) groups is 1.